The minimum atomic E-state index is -3.10. The topological polar surface area (TPSA) is 79.3 Å². The fourth-order valence-corrected chi connectivity index (χ4v) is 7.77. The standard InChI is InChI=1S/C22H25N3O4S2/c1-24(2)16-6-8-17(9-7-16)25-19-13-31(27,28)14-20(19)30-22(25)23-21(26)12-15-4-10-18(29-3)11-5-15/h4-11,19-20H,12-14H2,1-3H3/t19-,20-/m1/s1. The zero-order chi connectivity index (χ0) is 22.2. The number of nitrogens with zero attached hydrogens (tertiary/aromatic N) is 3. The van der Waals surface area contributed by atoms with Crippen LogP contribution < -0.4 is 14.5 Å². The van der Waals surface area contributed by atoms with Crippen LogP contribution in [0, 0.1) is 0 Å². The number of ether oxygens (including phenoxy) is 1. The molecular formula is C22H25N3O4S2. The lowest BCUT2D eigenvalue weighted by Gasteiger charge is -2.25. The van der Waals surface area contributed by atoms with Crippen molar-refractivity contribution in [2.24, 2.45) is 4.99 Å². The van der Waals surface area contributed by atoms with Crippen molar-refractivity contribution in [3.63, 3.8) is 0 Å². The smallest absolute Gasteiger partial charge is 0.252 e. The van der Waals surface area contributed by atoms with Gasteiger partial charge in [0.25, 0.3) is 5.91 Å². The van der Waals surface area contributed by atoms with Crippen LogP contribution in [0.3, 0.4) is 0 Å². The number of carbonyl (C=O) groups is 1. The maximum Gasteiger partial charge on any atom is 0.252 e. The molecule has 2 heterocycles. The lowest BCUT2D eigenvalue weighted by atomic mass is 10.1. The van der Waals surface area contributed by atoms with Crippen LogP contribution in [0.25, 0.3) is 0 Å². The second-order valence-corrected chi connectivity index (χ2v) is 11.3. The molecule has 0 N–H and O–H groups in total. The van der Waals surface area contributed by atoms with Gasteiger partial charge < -0.3 is 14.5 Å². The summed E-state index contributed by atoms with van der Waals surface area (Å²) in [6.07, 6.45) is 0.176. The van der Waals surface area contributed by atoms with E-state index in [4.69, 9.17) is 4.74 Å². The van der Waals surface area contributed by atoms with E-state index in [1.807, 2.05) is 72.4 Å². The van der Waals surface area contributed by atoms with Gasteiger partial charge in [0.2, 0.25) is 0 Å². The van der Waals surface area contributed by atoms with E-state index in [1.165, 1.54) is 11.8 Å². The Labute approximate surface area is 187 Å². The molecule has 2 aromatic carbocycles. The van der Waals surface area contributed by atoms with Gasteiger partial charge >= 0.3 is 0 Å². The second-order valence-electron chi connectivity index (χ2n) is 7.89. The van der Waals surface area contributed by atoms with Gasteiger partial charge in [0.05, 0.1) is 31.1 Å². The zero-order valence-corrected chi connectivity index (χ0v) is 19.3. The minimum Gasteiger partial charge on any atom is -0.497 e. The van der Waals surface area contributed by atoms with E-state index < -0.39 is 9.84 Å². The summed E-state index contributed by atoms with van der Waals surface area (Å²) in [5.74, 6) is 0.659. The van der Waals surface area contributed by atoms with Crippen molar-refractivity contribution in [2.45, 2.75) is 17.7 Å². The Hall–Kier alpha value is -2.52. The lowest BCUT2D eigenvalue weighted by Crippen LogP contribution is -2.37. The maximum absolute atomic E-state index is 12.7. The van der Waals surface area contributed by atoms with Crippen molar-refractivity contribution in [3.8, 4) is 5.75 Å². The van der Waals surface area contributed by atoms with Crippen molar-refractivity contribution < 1.29 is 17.9 Å². The molecule has 2 saturated heterocycles. The highest BCUT2D eigenvalue weighted by atomic mass is 32.2. The van der Waals surface area contributed by atoms with Gasteiger partial charge in [-0.15, -0.1) is 0 Å². The zero-order valence-electron chi connectivity index (χ0n) is 17.7. The predicted octanol–water partition coefficient (Wildman–Crippen LogP) is 2.61. The average molecular weight is 460 g/mol. The molecule has 1 amide bonds. The highest BCUT2D eigenvalue weighted by molar-refractivity contribution is 8.16. The van der Waals surface area contributed by atoms with E-state index in [-0.39, 0.29) is 35.1 Å². The first-order valence-electron chi connectivity index (χ1n) is 9.94. The molecule has 0 bridgehead atoms. The number of hydrogen-bond donors (Lipinski definition) is 0. The van der Waals surface area contributed by atoms with Gasteiger partial charge in [-0.2, -0.15) is 4.99 Å². The Kier molecular flexibility index (Phi) is 5.98. The van der Waals surface area contributed by atoms with E-state index in [9.17, 15) is 13.2 Å². The van der Waals surface area contributed by atoms with Crippen LogP contribution >= 0.6 is 11.8 Å². The molecular weight excluding hydrogens is 434 g/mol. The molecule has 2 fully saturated rings. The molecule has 0 aliphatic carbocycles. The van der Waals surface area contributed by atoms with Crippen molar-refractivity contribution in [3.05, 3.63) is 54.1 Å². The number of amides is 1. The number of amidine groups is 1. The molecule has 2 aromatic rings. The van der Waals surface area contributed by atoms with Crippen LogP contribution in [0.2, 0.25) is 0 Å². The number of thioether (sulfide) groups is 1. The van der Waals surface area contributed by atoms with E-state index >= 15 is 0 Å². The summed E-state index contributed by atoms with van der Waals surface area (Å²) in [5.41, 5.74) is 2.74. The third-order valence-electron chi connectivity index (χ3n) is 5.45. The van der Waals surface area contributed by atoms with E-state index in [2.05, 4.69) is 4.99 Å². The van der Waals surface area contributed by atoms with Crippen LogP contribution in [0.4, 0.5) is 11.4 Å². The van der Waals surface area contributed by atoms with Crippen LogP contribution in [0.1, 0.15) is 5.56 Å². The molecule has 0 saturated carbocycles. The van der Waals surface area contributed by atoms with Gasteiger partial charge in [-0.25, -0.2) is 8.42 Å². The number of methoxy groups -OCH3 is 1. The maximum atomic E-state index is 12.7. The van der Waals surface area contributed by atoms with Crippen molar-refractivity contribution in [2.75, 3.05) is 42.5 Å². The van der Waals surface area contributed by atoms with Crippen LogP contribution in [-0.2, 0) is 21.1 Å². The number of benzene rings is 2. The van der Waals surface area contributed by atoms with Crippen molar-refractivity contribution in [1.82, 2.24) is 0 Å². The summed E-state index contributed by atoms with van der Waals surface area (Å²) < 4.78 is 29.6. The Morgan fingerprint density at radius 3 is 2.42 bits per heavy atom. The third-order valence-corrected chi connectivity index (χ3v) is 8.66. The summed E-state index contributed by atoms with van der Waals surface area (Å²) in [4.78, 5) is 21.0. The van der Waals surface area contributed by atoms with Crippen molar-refractivity contribution >= 4 is 44.0 Å². The number of sulfone groups is 1. The third kappa shape index (κ3) is 4.72. The molecule has 2 aliphatic heterocycles. The number of carbonyl (C=O) groups excluding carboxylic acids is 1. The second kappa shape index (κ2) is 8.55. The number of rotatable bonds is 5. The molecule has 0 radical (unpaired) electrons. The molecule has 9 heteroatoms. The van der Waals surface area contributed by atoms with E-state index in [1.54, 1.807) is 7.11 Å². The molecule has 31 heavy (non-hydrogen) atoms. The summed E-state index contributed by atoms with van der Waals surface area (Å²) in [7, 11) is 2.43. The van der Waals surface area contributed by atoms with Gasteiger partial charge in [-0.05, 0) is 42.0 Å². The SMILES string of the molecule is COc1ccc(CC(=O)N=C2S[C@@H]3CS(=O)(=O)C[C@H]3N2c2ccc(N(C)C)cc2)cc1. The first-order valence-corrected chi connectivity index (χ1v) is 12.6. The Morgan fingerprint density at radius 1 is 1.13 bits per heavy atom. The predicted molar refractivity (Wildman–Crippen MR) is 126 cm³/mol. The normalized spacial score (nSPS) is 23.1. The van der Waals surface area contributed by atoms with Gasteiger partial charge in [-0.3, -0.25) is 4.79 Å². The molecule has 0 unspecified atom stereocenters. The highest BCUT2D eigenvalue weighted by Crippen LogP contribution is 2.41. The van der Waals surface area contributed by atoms with E-state index in [0.29, 0.717) is 5.17 Å². The van der Waals surface area contributed by atoms with Crippen LogP contribution in [0.5, 0.6) is 5.75 Å². The molecule has 4 rings (SSSR count). The monoisotopic (exact) mass is 459 g/mol. The lowest BCUT2D eigenvalue weighted by molar-refractivity contribution is -0.117. The van der Waals surface area contributed by atoms with Gasteiger partial charge in [0.15, 0.2) is 15.0 Å². The fourth-order valence-electron chi connectivity index (χ4n) is 3.84. The average Bonchev–Trinajstić information content (AvgIpc) is 3.19. The highest BCUT2D eigenvalue weighted by Gasteiger charge is 2.49. The van der Waals surface area contributed by atoms with E-state index in [0.717, 1.165) is 22.7 Å². The molecule has 2 aliphatic rings. The molecule has 164 valence electrons. The number of fused-ring (bicyclic) bond motifs is 1. The van der Waals surface area contributed by atoms with Crippen LogP contribution in [0.15, 0.2) is 53.5 Å². The molecule has 2 atom stereocenters. The van der Waals surface area contributed by atoms with Crippen molar-refractivity contribution in [1.29, 1.82) is 0 Å². The number of aliphatic imine (C=N–C) groups is 1. The summed E-state index contributed by atoms with van der Waals surface area (Å²) >= 11 is 1.39. The largest absolute Gasteiger partial charge is 0.497 e. The first kappa shape index (κ1) is 21.7. The van der Waals surface area contributed by atoms with Gasteiger partial charge in [0, 0.05) is 30.7 Å². The quantitative estimate of drug-likeness (QED) is 0.680. The molecule has 0 spiro atoms. The number of hydrogen-bond acceptors (Lipinski definition) is 6. The van der Waals surface area contributed by atoms with Gasteiger partial charge in [0.1, 0.15) is 5.75 Å². The van der Waals surface area contributed by atoms with Gasteiger partial charge in [-0.1, -0.05) is 23.9 Å². The van der Waals surface area contributed by atoms with Crippen LogP contribution in [-0.4, -0.2) is 63.5 Å². The Bertz CT molecular complexity index is 1100. The molecule has 0 aromatic heterocycles. The summed E-state index contributed by atoms with van der Waals surface area (Å²) in [6, 6.07) is 15.0. The molecule has 7 nitrogen and oxygen atoms in total. The fraction of sp³-hybridized carbons (Fsp3) is 0.364. The first-order chi connectivity index (χ1) is 14.8. The Balaban J connectivity index is 1.60. The Morgan fingerprint density at radius 2 is 1.81 bits per heavy atom. The number of anilines is 2. The minimum absolute atomic E-state index is 0.0752. The summed E-state index contributed by atoms with van der Waals surface area (Å²) in [5, 5.41) is 0.451. The summed E-state index contributed by atoms with van der Waals surface area (Å²) in [6.45, 7) is 0.